The first-order chi connectivity index (χ1) is 11.1. The maximum Gasteiger partial charge on any atom is 0.262 e. The molecule has 2 amide bonds. The van der Waals surface area contributed by atoms with Crippen LogP contribution in [0.2, 0.25) is 0 Å². The van der Waals surface area contributed by atoms with Crippen molar-refractivity contribution in [3.63, 3.8) is 0 Å². The summed E-state index contributed by atoms with van der Waals surface area (Å²) in [4.78, 5) is 23.1. The first kappa shape index (κ1) is 16.4. The summed E-state index contributed by atoms with van der Waals surface area (Å²) < 4.78 is 10.6. The number of amides is 2. The van der Waals surface area contributed by atoms with Crippen LogP contribution in [0, 0.1) is 0 Å². The van der Waals surface area contributed by atoms with Crippen LogP contribution in [0.4, 0.5) is 11.4 Å². The highest BCUT2D eigenvalue weighted by molar-refractivity contribution is 5.93. The van der Waals surface area contributed by atoms with Crippen LogP contribution in [-0.2, 0) is 9.59 Å². The van der Waals surface area contributed by atoms with Gasteiger partial charge in [-0.1, -0.05) is 18.2 Å². The molecule has 0 heterocycles. The van der Waals surface area contributed by atoms with Crippen molar-refractivity contribution in [2.24, 2.45) is 0 Å². The third-order valence-electron chi connectivity index (χ3n) is 2.91. The van der Waals surface area contributed by atoms with Gasteiger partial charge in [-0.3, -0.25) is 9.59 Å². The number of nitrogens with one attached hydrogen (secondary N) is 2. The van der Waals surface area contributed by atoms with E-state index < -0.39 is 0 Å². The van der Waals surface area contributed by atoms with Crippen molar-refractivity contribution in [1.82, 2.24) is 0 Å². The van der Waals surface area contributed by atoms with Gasteiger partial charge in [0.15, 0.2) is 6.61 Å². The molecule has 6 heteroatoms. The van der Waals surface area contributed by atoms with Crippen molar-refractivity contribution in [2.75, 3.05) is 24.4 Å². The van der Waals surface area contributed by atoms with E-state index in [1.165, 1.54) is 6.92 Å². The Balaban J connectivity index is 1.95. The molecule has 23 heavy (non-hydrogen) atoms. The summed E-state index contributed by atoms with van der Waals surface area (Å²) >= 11 is 0. The Morgan fingerprint density at radius 2 is 1.83 bits per heavy atom. The first-order valence-electron chi connectivity index (χ1n) is 7.02. The summed E-state index contributed by atoms with van der Waals surface area (Å²) in [5.74, 6) is 0.570. The largest absolute Gasteiger partial charge is 0.497 e. The molecule has 0 spiro atoms. The third-order valence-corrected chi connectivity index (χ3v) is 2.91. The van der Waals surface area contributed by atoms with Crippen LogP contribution in [0.25, 0.3) is 0 Å². The zero-order valence-electron chi connectivity index (χ0n) is 13.0. The van der Waals surface area contributed by atoms with Crippen LogP contribution in [-0.4, -0.2) is 25.5 Å². The van der Waals surface area contributed by atoms with Gasteiger partial charge in [0.1, 0.15) is 11.5 Å². The van der Waals surface area contributed by atoms with Crippen LogP contribution in [0.15, 0.2) is 48.5 Å². The van der Waals surface area contributed by atoms with Gasteiger partial charge in [-0.15, -0.1) is 0 Å². The molecule has 2 N–H and O–H groups in total. The fourth-order valence-corrected chi connectivity index (χ4v) is 1.93. The molecule has 0 radical (unpaired) electrons. The Labute approximate surface area is 134 Å². The second-order valence-corrected chi connectivity index (χ2v) is 4.75. The molecule has 0 aromatic heterocycles. The lowest BCUT2D eigenvalue weighted by Gasteiger charge is -2.12. The van der Waals surface area contributed by atoms with E-state index in [0.29, 0.717) is 22.9 Å². The average molecular weight is 314 g/mol. The highest BCUT2D eigenvalue weighted by atomic mass is 16.5. The van der Waals surface area contributed by atoms with Gasteiger partial charge >= 0.3 is 0 Å². The van der Waals surface area contributed by atoms with Crippen LogP contribution < -0.4 is 20.1 Å². The van der Waals surface area contributed by atoms with E-state index in [1.54, 1.807) is 55.6 Å². The Morgan fingerprint density at radius 3 is 2.57 bits per heavy atom. The molecule has 0 saturated carbocycles. The molecule has 2 rings (SSSR count). The van der Waals surface area contributed by atoms with Crippen molar-refractivity contribution < 1.29 is 19.1 Å². The molecule has 2 aromatic carbocycles. The van der Waals surface area contributed by atoms with Crippen LogP contribution >= 0.6 is 0 Å². The molecule has 0 atom stereocenters. The molecule has 0 aliphatic carbocycles. The topological polar surface area (TPSA) is 76.7 Å². The number of para-hydroxylation sites is 2. The Hall–Kier alpha value is -3.02. The fourth-order valence-electron chi connectivity index (χ4n) is 1.93. The first-order valence-corrected chi connectivity index (χ1v) is 7.02. The fraction of sp³-hybridized carbons (Fsp3) is 0.176. The van der Waals surface area contributed by atoms with Gasteiger partial charge in [-0.05, 0) is 24.3 Å². The Bertz CT molecular complexity index is 700. The van der Waals surface area contributed by atoms with E-state index in [-0.39, 0.29) is 18.4 Å². The van der Waals surface area contributed by atoms with E-state index in [2.05, 4.69) is 10.6 Å². The maximum absolute atomic E-state index is 12.0. The van der Waals surface area contributed by atoms with E-state index >= 15 is 0 Å². The van der Waals surface area contributed by atoms with Gasteiger partial charge < -0.3 is 20.1 Å². The molecular weight excluding hydrogens is 296 g/mol. The molecule has 0 fully saturated rings. The number of hydrogen-bond acceptors (Lipinski definition) is 4. The normalized spacial score (nSPS) is 9.83. The van der Waals surface area contributed by atoms with Crippen molar-refractivity contribution in [2.45, 2.75) is 6.92 Å². The third kappa shape index (κ3) is 5.03. The quantitative estimate of drug-likeness (QED) is 0.859. The minimum atomic E-state index is -0.309. The van der Waals surface area contributed by atoms with Crippen molar-refractivity contribution in [3.8, 4) is 11.5 Å². The van der Waals surface area contributed by atoms with Gasteiger partial charge in [0.05, 0.1) is 12.8 Å². The van der Waals surface area contributed by atoms with Gasteiger partial charge in [0, 0.05) is 18.7 Å². The molecule has 0 bridgehead atoms. The Morgan fingerprint density at radius 1 is 1.04 bits per heavy atom. The molecule has 2 aromatic rings. The highest BCUT2D eigenvalue weighted by Crippen LogP contribution is 2.23. The summed E-state index contributed by atoms with van der Waals surface area (Å²) in [6, 6.07) is 14.0. The molecule has 6 nitrogen and oxygen atoms in total. The van der Waals surface area contributed by atoms with E-state index in [9.17, 15) is 9.59 Å². The number of rotatable bonds is 6. The number of carbonyl (C=O) groups excluding carboxylic acids is 2. The second kappa shape index (κ2) is 7.84. The smallest absolute Gasteiger partial charge is 0.262 e. The summed E-state index contributed by atoms with van der Waals surface area (Å²) in [7, 11) is 1.56. The van der Waals surface area contributed by atoms with Crippen molar-refractivity contribution in [1.29, 1.82) is 0 Å². The van der Waals surface area contributed by atoms with E-state index in [0.717, 1.165) is 0 Å². The molecule has 0 aliphatic heterocycles. The summed E-state index contributed by atoms with van der Waals surface area (Å²) in [6.07, 6.45) is 0. The lowest BCUT2D eigenvalue weighted by Crippen LogP contribution is -2.20. The number of anilines is 2. The molecule has 0 saturated heterocycles. The zero-order valence-corrected chi connectivity index (χ0v) is 13.0. The molecule has 120 valence electrons. The predicted molar refractivity (Wildman–Crippen MR) is 87.9 cm³/mol. The van der Waals surface area contributed by atoms with Crippen LogP contribution in [0.3, 0.4) is 0 Å². The van der Waals surface area contributed by atoms with Crippen LogP contribution in [0.1, 0.15) is 6.92 Å². The second-order valence-electron chi connectivity index (χ2n) is 4.75. The van der Waals surface area contributed by atoms with Gasteiger partial charge in [-0.25, -0.2) is 0 Å². The van der Waals surface area contributed by atoms with Gasteiger partial charge in [0.2, 0.25) is 5.91 Å². The standard InChI is InChI=1S/C17H18N2O4/c1-12(20)18-15-8-3-4-9-16(15)23-11-17(21)19-13-6-5-7-14(10-13)22-2/h3-10H,11H2,1-2H3,(H,18,20)(H,19,21). The highest BCUT2D eigenvalue weighted by Gasteiger charge is 2.08. The predicted octanol–water partition coefficient (Wildman–Crippen LogP) is 2.67. The monoisotopic (exact) mass is 314 g/mol. The minimum absolute atomic E-state index is 0.173. The van der Waals surface area contributed by atoms with Crippen LogP contribution in [0.5, 0.6) is 11.5 Å². The summed E-state index contributed by atoms with van der Waals surface area (Å²) in [5, 5.41) is 5.37. The Kier molecular flexibility index (Phi) is 5.57. The molecular formula is C17H18N2O4. The van der Waals surface area contributed by atoms with E-state index in [4.69, 9.17) is 9.47 Å². The van der Waals surface area contributed by atoms with Gasteiger partial charge in [0.25, 0.3) is 5.91 Å². The van der Waals surface area contributed by atoms with Gasteiger partial charge in [-0.2, -0.15) is 0 Å². The van der Waals surface area contributed by atoms with Crippen molar-refractivity contribution >= 4 is 23.2 Å². The number of methoxy groups -OCH3 is 1. The number of hydrogen-bond donors (Lipinski definition) is 2. The molecule has 0 aliphatic rings. The van der Waals surface area contributed by atoms with Crippen molar-refractivity contribution in [3.05, 3.63) is 48.5 Å². The van der Waals surface area contributed by atoms with E-state index in [1.807, 2.05) is 0 Å². The SMILES string of the molecule is COc1cccc(NC(=O)COc2ccccc2NC(C)=O)c1. The minimum Gasteiger partial charge on any atom is -0.497 e. The maximum atomic E-state index is 12.0. The summed E-state index contributed by atoms with van der Waals surface area (Å²) in [5.41, 5.74) is 1.14. The number of ether oxygens (including phenoxy) is 2. The summed E-state index contributed by atoms with van der Waals surface area (Å²) in [6.45, 7) is 1.24. The number of carbonyl (C=O) groups is 2. The number of benzene rings is 2. The average Bonchev–Trinajstić information content (AvgIpc) is 2.53. The lowest BCUT2D eigenvalue weighted by atomic mass is 10.3. The molecule has 0 unspecified atom stereocenters. The zero-order chi connectivity index (χ0) is 16.7. The lowest BCUT2D eigenvalue weighted by molar-refractivity contribution is -0.118.